The van der Waals surface area contributed by atoms with Crippen LogP contribution >= 0.6 is 11.3 Å². The molecule has 0 aliphatic carbocycles. The molecule has 4 heterocycles. The molecule has 1 N–H and O–H groups in total. The summed E-state index contributed by atoms with van der Waals surface area (Å²) in [5.41, 5.74) is 3.32. The van der Waals surface area contributed by atoms with E-state index in [1.165, 1.54) is 5.56 Å². The number of H-pyrrole nitrogens is 1. The number of hydrogen-bond acceptors (Lipinski definition) is 3. The first-order chi connectivity index (χ1) is 13.7. The summed E-state index contributed by atoms with van der Waals surface area (Å²) in [4.78, 5) is 35.1. The number of nitrogens with one attached hydrogen (secondary N) is 1. The van der Waals surface area contributed by atoms with Crippen LogP contribution in [0.15, 0.2) is 41.8 Å². The number of thiophene rings is 1. The normalized spacial score (nSPS) is 21.9. The highest BCUT2D eigenvalue weighted by molar-refractivity contribution is 7.10. The van der Waals surface area contributed by atoms with E-state index in [-0.39, 0.29) is 11.8 Å². The Bertz CT molecular complexity index is 1040. The van der Waals surface area contributed by atoms with Crippen LogP contribution in [-0.2, 0) is 22.6 Å². The van der Waals surface area contributed by atoms with Gasteiger partial charge in [0.1, 0.15) is 12.1 Å². The Morgan fingerprint density at radius 3 is 2.79 bits per heavy atom. The molecule has 2 aliphatic rings. The van der Waals surface area contributed by atoms with Crippen molar-refractivity contribution in [2.75, 3.05) is 6.54 Å². The smallest absolute Gasteiger partial charge is 0.251 e. The van der Waals surface area contributed by atoms with E-state index < -0.39 is 12.1 Å². The number of unbranched alkanes of at least 4 members (excludes halogenated alkanes) is 1. The lowest BCUT2D eigenvalue weighted by Gasteiger charge is -2.46. The maximum atomic E-state index is 13.5. The number of rotatable bonds is 4. The number of carbonyl (C=O) groups is 2. The molecule has 0 radical (unpaired) electrons. The van der Waals surface area contributed by atoms with Crippen molar-refractivity contribution >= 4 is 34.1 Å². The molecule has 2 aliphatic heterocycles. The second kappa shape index (κ2) is 6.78. The Balaban J connectivity index is 1.57. The monoisotopic (exact) mass is 393 g/mol. The molecule has 5 nitrogen and oxygen atoms in total. The van der Waals surface area contributed by atoms with Gasteiger partial charge in [-0.05, 0) is 29.5 Å². The standard InChI is InChI=1S/C22H23N3O2S/c1-2-3-10-24-20(19-9-6-11-28-19)22(27)25-13-17-15(12-18(25)21(24)26)14-7-4-5-8-16(14)23-17/h4-9,11,18,20,23H,2-3,10,12-13H2,1H3/t18-,20+/m1/s1. The fraction of sp³-hybridized carbons (Fsp3) is 0.364. The van der Waals surface area contributed by atoms with Crippen LogP contribution in [0.25, 0.3) is 10.9 Å². The lowest BCUT2D eigenvalue weighted by Crippen LogP contribution is -2.62. The largest absolute Gasteiger partial charge is 0.357 e. The van der Waals surface area contributed by atoms with Gasteiger partial charge in [-0.1, -0.05) is 37.6 Å². The third-order valence-corrected chi connectivity index (χ3v) is 6.89. The van der Waals surface area contributed by atoms with E-state index >= 15 is 0 Å². The topological polar surface area (TPSA) is 56.4 Å². The van der Waals surface area contributed by atoms with Gasteiger partial charge in [0, 0.05) is 34.4 Å². The van der Waals surface area contributed by atoms with Crippen LogP contribution in [0, 0.1) is 0 Å². The zero-order valence-electron chi connectivity index (χ0n) is 15.9. The quantitative estimate of drug-likeness (QED) is 0.732. The van der Waals surface area contributed by atoms with Crippen LogP contribution in [-0.4, -0.2) is 39.2 Å². The molecule has 28 heavy (non-hydrogen) atoms. The zero-order chi connectivity index (χ0) is 19.3. The predicted octanol–water partition coefficient (Wildman–Crippen LogP) is 3.87. The minimum absolute atomic E-state index is 0.0486. The number of piperazine rings is 1. The van der Waals surface area contributed by atoms with Gasteiger partial charge in [0.15, 0.2) is 0 Å². The van der Waals surface area contributed by atoms with E-state index in [4.69, 9.17) is 0 Å². The van der Waals surface area contributed by atoms with Gasteiger partial charge >= 0.3 is 0 Å². The number of carbonyl (C=O) groups excluding carboxylic acids is 2. The summed E-state index contributed by atoms with van der Waals surface area (Å²) in [7, 11) is 0. The first-order valence-electron chi connectivity index (χ1n) is 9.92. The van der Waals surface area contributed by atoms with Gasteiger partial charge in [-0.2, -0.15) is 0 Å². The molecular formula is C22H23N3O2S. The molecule has 0 saturated carbocycles. The Kier molecular flexibility index (Phi) is 4.23. The number of aromatic nitrogens is 1. The second-order valence-corrected chi connectivity index (χ2v) is 8.60. The second-order valence-electron chi connectivity index (χ2n) is 7.62. The molecule has 0 bridgehead atoms. The molecule has 5 rings (SSSR count). The van der Waals surface area contributed by atoms with Crippen LogP contribution in [0.3, 0.4) is 0 Å². The highest BCUT2D eigenvalue weighted by Crippen LogP contribution is 2.38. The van der Waals surface area contributed by atoms with Crippen molar-refractivity contribution in [3.05, 3.63) is 57.9 Å². The fourth-order valence-corrected chi connectivity index (χ4v) is 5.39. The number of nitrogens with zero attached hydrogens (tertiary/aromatic N) is 2. The van der Waals surface area contributed by atoms with E-state index in [2.05, 4.69) is 24.0 Å². The minimum Gasteiger partial charge on any atom is -0.357 e. The fourth-order valence-electron chi connectivity index (χ4n) is 4.56. The molecule has 2 aromatic heterocycles. The number of aromatic amines is 1. The van der Waals surface area contributed by atoms with Gasteiger partial charge in [0.05, 0.1) is 6.54 Å². The summed E-state index contributed by atoms with van der Waals surface area (Å²) in [5, 5.41) is 3.14. The summed E-state index contributed by atoms with van der Waals surface area (Å²) in [6.07, 6.45) is 2.49. The van der Waals surface area contributed by atoms with Crippen LogP contribution in [0.1, 0.15) is 41.9 Å². The molecule has 1 saturated heterocycles. The molecule has 144 valence electrons. The number of hydrogen-bond donors (Lipinski definition) is 1. The molecule has 1 fully saturated rings. The van der Waals surface area contributed by atoms with Gasteiger partial charge in [-0.3, -0.25) is 9.59 Å². The van der Waals surface area contributed by atoms with Crippen molar-refractivity contribution in [2.45, 2.75) is 44.8 Å². The van der Waals surface area contributed by atoms with Crippen molar-refractivity contribution in [1.82, 2.24) is 14.8 Å². The van der Waals surface area contributed by atoms with Crippen molar-refractivity contribution in [1.29, 1.82) is 0 Å². The van der Waals surface area contributed by atoms with Crippen LogP contribution in [0.5, 0.6) is 0 Å². The Labute approximate surface area is 168 Å². The predicted molar refractivity (Wildman–Crippen MR) is 110 cm³/mol. The van der Waals surface area contributed by atoms with Crippen molar-refractivity contribution < 1.29 is 9.59 Å². The molecule has 3 aromatic rings. The average molecular weight is 394 g/mol. The molecule has 2 amide bonds. The highest BCUT2D eigenvalue weighted by Gasteiger charge is 2.48. The number of fused-ring (bicyclic) bond motifs is 4. The summed E-state index contributed by atoms with van der Waals surface area (Å²) in [6.45, 7) is 3.22. The number of benzene rings is 1. The highest BCUT2D eigenvalue weighted by atomic mass is 32.1. The molecule has 1 aromatic carbocycles. The van der Waals surface area contributed by atoms with Crippen molar-refractivity contribution in [3.8, 4) is 0 Å². The third kappa shape index (κ3) is 2.58. The van der Waals surface area contributed by atoms with E-state index in [9.17, 15) is 9.59 Å². The molecule has 0 spiro atoms. The maximum Gasteiger partial charge on any atom is 0.251 e. The van der Waals surface area contributed by atoms with E-state index in [0.717, 1.165) is 34.3 Å². The van der Waals surface area contributed by atoms with Gasteiger partial charge in [-0.25, -0.2) is 0 Å². The zero-order valence-corrected chi connectivity index (χ0v) is 16.7. The summed E-state index contributed by atoms with van der Waals surface area (Å²) in [5.74, 6) is 0.134. The molecule has 0 unspecified atom stereocenters. The number of amides is 2. The first kappa shape index (κ1) is 17.5. The van der Waals surface area contributed by atoms with Gasteiger partial charge in [-0.15, -0.1) is 11.3 Å². The average Bonchev–Trinajstić information content (AvgIpc) is 3.36. The van der Waals surface area contributed by atoms with Crippen molar-refractivity contribution in [3.63, 3.8) is 0 Å². The minimum atomic E-state index is -0.485. The summed E-state index contributed by atoms with van der Waals surface area (Å²) >= 11 is 1.55. The van der Waals surface area contributed by atoms with E-state index in [1.807, 2.05) is 34.5 Å². The lowest BCUT2D eigenvalue weighted by molar-refractivity contribution is -0.163. The lowest BCUT2D eigenvalue weighted by atomic mass is 9.91. The van der Waals surface area contributed by atoms with E-state index in [1.54, 1.807) is 16.2 Å². The Morgan fingerprint density at radius 1 is 1.14 bits per heavy atom. The molecular weight excluding hydrogens is 370 g/mol. The summed E-state index contributed by atoms with van der Waals surface area (Å²) in [6, 6.07) is 11.2. The van der Waals surface area contributed by atoms with Crippen LogP contribution < -0.4 is 0 Å². The van der Waals surface area contributed by atoms with Gasteiger partial charge in [0.25, 0.3) is 5.91 Å². The SMILES string of the molecule is CCCCN1C(=O)[C@H]2Cc3c([nH]c4ccccc34)CN2C(=O)[C@@H]1c1cccs1. The van der Waals surface area contributed by atoms with Gasteiger partial charge < -0.3 is 14.8 Å². The Hall–Kier alpha value is -2.60. The van der Waals surface area contributed by atoms with Gasteiger partial charge in [0.2, 0.25) is 5.91 Å². The molecule has 6 heteroatoms. The van der Waals surface area contributed by atoms with Crippen molar-refractivity contribution in [2.24, 2.45) is 0 Å². The van der Waals surface area contributed by atoms with E-state index in [0.29, 0.717) is 19.5 Å². The van der Waals surface area contributed by atoms with Crippen LogP contribution in [0.4, 0.5) is 0 Å². The van der Waals surface area contributed by atoms with Crippen LogP contribution in [0.2, 0.25) is 0 Å². The maximum absolute atomic E-state index is 13.5. The summed E-state index contributed by atoms with van der Waals surface area (Å²) < 4.78 is 0. The molecule has 2 atom stereocenters. The third-order valence-electron chi connectivity index (χ3n) is 5.97. The number of para-hydroxylation sites is 1. The first-order valence-corrected chi connectivity index (χ1v) is 10.8. The Morgan fingerprint density at radius 2 is 2.00 bits per heavy atom.